The first-order valence-electron chi connectivity index (χ1n) is 6.69. The number of benzene rings is 2. The highest BCUT2D eigenvalue weighted by molar-refractivity contribution is 5.90. The Bertz CT molecular complexity index is 781. The van der Waals surface area contributed by atoms with Crippen molar-refractivity contribution in [2.24, 2.45) is 4.99 Å². The van der Waals surface area contributed by atoms with Crippen LogP contribution in [0.3, 0.4) is 0 Å². The van der Waals surface area contributed by atoms with Gasteiger partial charge in [-0.15, -0.1) is 0 Å². The summed E-state index contributed by atoms with van der Waals surface area (Å²) in [5.74, 6) is -1.09. The average Bonchev–Trinajstić information content (AvgIpc) is 2.44. The number of hydrogen-bond donors (Lipinski definition) is 0. The second kappa shape index (κ2) is 6.44. The molecule has 21 heavy (non-hydrogen) atoms. The van der Waals surface area contributed by atoms with Gasteiger partial charge in [0.15, 0.2) is 0 Å². The van der Waals surface area contributed by atoms with E-state index < -0.39 is 11.6 Å². The molecule has 0 saturated carbocycles. The summed E-state index contributed by atoms with van der Waals surface area (Å²) < 4.78 is 27.4. The predicted molar refractivity (Wildman–Crippen MR) is 83.9 cm³/mol. The van der Waals surface area contributed by atoms with Crippen molar-refractivity contribution in [3.63, 3.8) is 0 Å². The van der Waals surface area contributed by atoms with Gasteiger partial charge in [-0.05, 0) is 47.6 Å². The van der Waals surface area contributed by atoms with E-state index in [4.69, 9.17) is 0 Å². The van der Waals surface area contributed by atoms with Gasteiger partial charge in [-0.2, -0.15) is 0 Å². The van der Waals surface area contributed by atoms with Crippen LogP contribution in [0.15, 0.2) is 41.4 Å². The lowest BCUT2D eigenvalue weighted by Gasteiger charge is -2.09. The Kier molecular flexibility index (Phi) is 4.63. The zero-order valence-corrected chi connectivity index (χ0v) is 12.3. The second-order valence-corrected chi connectivity index (χ2v) is 4.87. The topological polar surface area (TPSA) is 12.4 Å². The molecule has 0 fully saturated rings. The molecule has 1 nitrogen and oxygen atoms in total. The largest absolute Gasteiger partial charge is 0.296 e. The number of halogens is 2. The van der Waals surface area contributed by atoms with Gasteiger partial charge in [0.1, 0.15) is 11.6 Å². The average molecular weight is 285 g/mol. The molecule has 0 amide bonds. The molecule has 0 N–H and O–H groups in total. The fraction of sp³-hybridized carbons (Fsp3) is 0.167. The minimum absolute atomic E-state index is 0.450. The molecule has 0 heterocycles. The summed E-state index contributed by atoms with van der Waals surface area (Å²) in [5, 5.41) is 1.86. The first-order chi connectivity index (χ1) is 10.0. The number of nitrogens with zero attached hydrogens (tertiary/aromatic N) is 1. The molecule has 0 aromatic heterocycles. The Labute approximate surface area is 123 Å². The van der Waals surface area contributed by atoms with Gasteiger partial charge in [-0.3, -0.25) is 4.99 Å². The summed E-state index contributed by atoms with van der Waals surface area (Å²) in [7, 11) is 1.69. The quantitative estimate of drug-likeness (QED) is 0.752. The van der Waals surface area contributed by atoms with Crippen molar-refractivity contribution in [3.05, 3.63) is 69.6 Å². The number of hydrogen-bond acceptors (Lipinski definition) is 1. The van der Waals surface area contributed by atoms with Gasteiger partial charge in [0.25, 0.3) is 0 Å². The minimum atomic E-state index is -0.556. The van der Waals surface area contributed by atoms with E-state index in [0.717, 1.165) is 22.1 Å². The Morgan fingerprint density at radius 2 is 1.86 bits per heavy atom. The molecule has 0 radical (unpaired) electrons. The Hall–Kier alpha value is -2.29. The molecule has 0 aliphatic carbocycles. The maximum Gasteiger partial charge on any atom is 0.133 e. The molecule has 0 spiro atoms. The third kappa shape index (κ3) is 3.24. The minimum Gasteiger partial charge on any atom is -0.296 e. The van der Waals surface area contributed by atoms with Crippen LogP contribution in [0.5, 0.6) is 0 Å². The summed E-state index contributed by atoms with van der Waals surface area (Å²) in [6.07, 6.45) is 3.57. The van der Waals surface area contributed by atoms with Gasteiger partial charge >= 0.3 is 0 Å². The van der Waals surface area contributed by atoms with E-state index in [1.54, 1.807) is 20.2 Å². The molecule has 2 rings (SSSR count). The van der Waals surface area contributed by atoms with Crippen LogP contribution < -0.4 is 10.4 Å². The highest BCUT2D eigenvalue weighted by atomic mass is 19.1. The molecule has 0 aliphatic heterocycles. The van der Waals surface area contributed by atoms with Crippen molar-refractivity contribution in [1.29, 1.82) is 0 Å². The van der Waals surface area contributed by atoms with Crippen LogP contribution in [-0.4, -0.2) is 13.3 Å². The van der Waals surface area contributed by atoms with Crippen molar-refractivity contribution in [1.82, 2.24) is 0 Å². The van der Waals surface area contributed by atoms with Crippen LogP contribution in [0.2, 0.25) is 0 Å². The molecule has 0 aliphatic rings. The van der Waals surface area contributed by atoms with E-state index in [1.165, 1.54) is 6.07 Å². The van der Waals surface area contributed by atoms with E-state index in [-0.39, 0.29) is 0 Å². The van der Waals surface area contributed by atoms with E-state index in [2.05, 4.69) is 4.99 Å². The van der Waals surface area contributed by atoms with Crippen LogP contribution in [0.1, 0.15) is 18.1 Å². The van der Waals surface area contributed by atoms with Crippen molar-refractivity contribution in [2.75, 3.05) is 7.05 Å². The van der Waals surface area contributed by atoms with Gasteiger partial charge in [-0.25, -0.2) is 8.78 Å². The molecule has 0 saturated heterocycles. The molecule has 0 unspecified atom stereocenters. The van der Waals surface area contributed by atoms with E-state index >= 15 is 0 Å². The lowest BCUT2D eigenvalue weighted by atomic mass is 9.98. The molecule has 2 aromatic carbocycles. The third-order valence-electron chi connectivity index (χ3n) is 3.40. The van der Waals surface area contributed by atoms with Crippen molar-refractivity contribution >= 4 is 17.9 Å². The zero-order valence-electron chi connectivity index (χ0n) is 12.3. The van der Waals surface area contributed by atoms with Gasteiger partial charge in [0.05, 0.1) is 0 Å². The molecule has 108 valence electrons. The Balaban J connectivity index is 2.83. The van der Waals surface area contributed by atoms with Crippen molar-refractivity contribution in [3.8, 4) is 0 Å². The first-order valence-corrected chi connectivity index (χ1v) is 6.69. The van der Waals surface area contributed by atoms with Gasteiger partial charge in [-0.1, -0.05) is 24.3 Å². The SMILES string of the molecule is CN=C/C=c1/cccc/c1=C(/C)c1c(C)cc(F)cc1F. The van der Waals surface area contributed by atoms with Crippen LogP contribution in [0.25, 0.3) is 11.6 Å². The number of aryl methyl sites for hydroxylation is 1. The van der Waals surface area contributed by atoms with Gasteiger partial charge in [0, 0.05) is 24.9 Å². The highest BCUT2D eigenvalue weighted by Crippen LogP contribution is 2.21. The predicted octanol–water partition coefficient (Wildman–Crippen LogP) is 2.97. The Morgan fingerprint density at radius 1 is 1.14 bits per heavy atom. The summed E-state index contributed by atoms with van der Waals surface area (Å²) in [4.78, 5) is 3.94. The summed E-state index contributed by atoms with van der Waals surface area (Å²) in [6, 6.07) is 9.95. The van der Waals surface area contributed by atoms with Crippen LogP contribution in [0, 0.1) is 18.6 Å². The van der Waals surface area contributed by atoms with Crippen LogP contribution in [-0.2, 0) is 0 Å². The molecule has 3 heteroatoms. The maximum atomic E-state index is 14.1. The molecular weight excluding hydrogens is 268 g/mol. The van der Waals surface area contributed by atoms with Crippen molar-refractivity contribution in [2.45, 2.75) is 13.8 Å². The molecule has 0 bridgehead atoms. The Morgan fingerprint density at radius 3 is 2.52 bits per heavy atom. The lowest BCUT2D eigenvalue weighted by Crippen LogP contribution is -2.27. The first kappa shape index (κ1) is 15.1. The summed E-state index contributed by atoms with van der Waals surface area (Å²) in [6.45, 7) is 3.56. The fourth-order valence-electron chi connectivity index (χ4n) is 2.45. The smallest absolute Gasteiger partial charge is 0.133 e. The van der Waals surface area contributed by atoms with Gasteiger partial charge in [0.2, 0.25) is 0 Å². The number of aliphatic imine (C=N–C) groups is 1. The monoisotopic (exact) mass is 285 g/mol. The third-order valence-corrected chi connectivity index (χ3v) is 3.40. The van der Waals surface area contributed by atoms with Gasteiger partial charge < -0.3 is 0 Å². The normalized spacial score (nSPS) is 13.9. The van der Waals surface area contributed by atoms with Crippen molar-refractivity contribution < 1.29 is 8.78 Å². The highest BCUT2D eigenvalue weighted by Gasteiger charge is 2.10. The standard InChI is InChI=1S/C18H17F2N/c1-12-10-15(19)11-17(20)18(12)13(2)16-7-5-4-6-14(16)8-9-21-3/h4-11H,1-3H3/b14-8-,16-13+,21-9?. The van der Waals surface area contributed by atoms with E-state index in [9.17, 15) is 8.78 Å². The van der Waals surface area contributed by atoms with E-state index in [1.807, 2.05) is 37.3 Å². The maximum absolute atomic E-state index is 14.1. The summed E-state index contributed by atoms with van der Waals surface area (Å²) in [5.41, 5.74) is 1.82. The second-order valence-electron chi connectivity index (χ2n) is 4.87. The van der Waals surface area contributed by atoms with E-state index in [0.29, 0.717) is 11.1 Å². The molecular formula is C18H17F2N. The molecule has 0 atom stereocenters. The lowest BCUT2D eigenvalue weighted by molar-refractivity contribution is 0.579. The summed E-state index contributed by atoms with van der Waals surface area (Å²) >= 11 is 0. The zero-order chi connectivity index (χ0) is 15.4. The number of rotatable bonds is 2. The molecule has 2 aromatic rings. The van der Waals surface area contributed by atoms with Crippen LogP contribution in [0.4, 0.5) is 8.78 Å². The fourth-order valence-corrected chi connectivity index (χ4v) is 2.45. The van der Waals surface area contributed by atoms with Crippen LogP contribution >= 0.6 is 0 Å².